The number of benzene rings is 2. The fraction of sp³-hybridized carbons (Fsp3) is 0.278. The highest BCUT2D eigenvalue weighted by atomic mass is 79.9. The molecule has 1 saturated heterocycles. The van der Waals surface area contributed by atoms with Crippen LogP contribution in [0.5, 0.6) is 0 Å². The molecule has 1 aliphatic heterocycles. The van der Waals surface area contributed by atoms with Gasteiger partial charge in [0, 0.05) is 23.2 Å². The van der Waals surface area contributed by atoms with Gasteiger partial charge in [-0.25, -0.2) is 13.8 Å². The van der Waals surface area contributed by atoms with E-state index in [1.165, 1.54) is 0 Å². The highest BCUT2D eigenvalue weighted by molar-refractivity contribution is 9.10. The average molecular weight is 453 g/mol. The van der Waals surface area contributed by atoms with Gasteiger partial charge in [-0.1, -0.05) is 45.8 Å². The van der Waals surface area contributed by atoms with Crippen LogP contribution in [0.2, 0.25) is 0 Å². The van der Waals surface area contributed by atoms with Gasteiger partial charge in [0.1, 0.15) is 0 Å². The lowest BCUT2D eigenvalue weighted by molar-refractivity contribution is -0.124. The lowest BCUT2D eigenvalue weighted by Crippen LogP contribution is -2.46. The van der Waals surface area contributed by atoms with Crippen molar-refractivity contribution in [2.45, 2.75) is 18.8 Å². The molecule has 1 amide bonds. The molecular weight excluding hydrogens is 432 g/mol. The maximum atomic E-state index is 12.7. The molecule has 2 aromatic rings. The van der Waals surface area contributed by atoms with Crippen LogP contribution in [0.3, 0.4) is 0 Å². The quantitative estimate of drug-likeness (QED) is 0.535. The van der Waals surface area contributed by atoms with E-state index in [-0.39, 0.29) is 12.5 Å². The molecule has 0 aliphatic carbocycles. The number of amides is 1. The number of carbonyl (C=O) groups excluding carboxylic acids is 1. The van der Waals surface area contributed by atoms with E-state index in [4.69, 9.17) is 0 Å². The number of halogens is 1. The molecule has 0 radical (unpaired) electrons. The van der Waals surface area contributed by atoms with Crippen LogP contribution in [0.4, 0.5) is 5.69 Å². The summed E-state index contributed by atoms with van der Waals surface area (Å²) >= 11 is 3.39. The second kappa shape index (κ2) is 8.39. The first-order chi connectivity index (χ1) is 12.8. The molecule has 4 N–H and O–H groups in total. The molecule has 0 aromatic heterocycles. The fourth-order valence-electron chi connectivity index (χ4n) is 2.82. The summed E-state index contributed by atoms with van der Waals surface area (Å²) in [6, 6.07) is 14.6. The van der Waals surface area contributed by atoms with Crippen LogP contribution in [0.15, 0.2) is 53.0 Å². The summed E-state index contributed by atoms with van der Waals surface area (Å²) in [7, 11) is -3.80. The number of anilines is 1. The Hall–Kier alpha value is -1.94. The molecule has 2 unspecified atom stereocenters. The van der Waals surface area contributed by atoms with Gasteiger partial charge in [-0.2, -0.15) is 0 Å². The molecule has 1 heterocycles. The van der Waals surface area contributed by atoms with Gasteiger partial charge in [0.15, 0.2) is 5.37 Å². The topological polar surface area (TPSA) is 99.3 Å². The van der Waals surface area contributed by atoms with E-state index >= 15 is 0 Å². The largest absolute Gasteiger partial charge is 0.352 e. The smallest absolute Gasteiger partial charge is 0.250 e. The summed E-state index contributed by atoms with van der Waals surface area (Å²) in [5.74, 6) is -1.08. The molecule has 7 nitrogen and oxygen atoms in total. The minimum absolute atomic E-state index is 0.226. The summed E-state index contributed by atoms with van der Waals surface area (Å²) in [6.07, 6.45) is 0. The first-order valence-electron chi connectivity index (χ1n) is 8.44. The Morgan fingerprint density at radius 1 is 1.22 bits per heavy atom. The van der Waals surface area contributed by atoms with E-state index in [9.17, 15) is 13.2 Å². The molecule has 2 aromatic carbocycles. The first kappa shape index (κ1) is 19.8. The molecule has 3 rings (SSSR count). The Bertz CT molecular complexity index is 918. The highest BCUT2D eigenvalue weighted by Crippen LogP contribution is 2.19. The second-order valence-corrected chi connectivity index (χ2v) is 9.13. The van der Waals surface area contributed by atoms with Gasteiger partial charge in [0.2, 0.25) is 5.91 Å². The Morgan fingerprint density at radius 2 is 1.96 bits per heavy atom. The molecule has 2 atom stereocenters. The van der Waals surface area contributed by atoms with E-state index in [0.29, 0.717) is 12.2 Å². The Labute approximate surface area is 167 Å². The standard InChI is InChI=1S/C18H21BrN4O3S/c1-12-5-7-15(8-6-12)23-27(25,26)18-16(11-21-22-18)17(24)20-10-13-3-2-4-14(19)9-13/h2-9,16,18,21-23H,10-11H2,1H3,(H,20,24). The van der Waals surface area contributed by atoms with Crippen molar-refractivity contribution in [1.29, 1.82) is 0 Å². The number of aryl methyl sites for hydroxylation is 1. The Kier molecular flexibility index (Phi) is 6.15. The SMILES string of the molecule is Cc1ccc(NS(=O)(=O)C2NNCC2C(=O)NCc2cccc(Br)c2)cc1. The zero-order valence-electron chi connectivity index (χ0n) is 14.7. The predicted octanol–water partition coefficient (Wildman–Crippen LogP) is 1.87. The Morgan fingerprint density at radius 3 is 2.67 bits per heavy atom. The molecule has 1 fully saturated rings. The number of hydrazine groups is 1. The average Bonchev–Trinajstić information content (AvgIpc) is 3.12. The lowest BCUT2D eigenvalue weighted by Gasteiger charge is -2.19. The maximum absolute atomic E-state index is 12.7. The van der Waals surface area contributed by atoms with Gasteiger partial charge >= 0.3 is 0 Å². The van der Waals surface area contributed by atoms with Crippen molar-refractivity contribution in [3.63, 3.8) is 0 Å². The molecule has 144 valence electrons. The van der Waals surface area contributed by atoms with Gasteiger partial charge in [-0.15, -0.1) is 0 Å². The van der Waals surface area contributed by atoms with Crippen LogP contribution in [0, 0.1) is 12.8 Å². The van der Waals surface area contributed by atoms with E-state index in [2.05, 4.69) is 36.8 Å². The third-order valence-electron chi connectivity index (χ3n) is 4.27. The van der Waals surface area contributed by atoms with Gasteiger partial charge in [0.05, 0.1) is 5.92 Å². The summed E-state index contributed by atoms with van der Waals surface area (Å²) < 4.78 is 28.9. The van der Waals surface area contributed by atoms with Crippen LogP contribution >= 0.6 is 15.9 Å². The summed E-state index contributed by atoms with van der Waals surface area (Å²) in [6.45, 7) is 2.48. The number of hydrogen-bond acceptors (Lipinski definition) is 5. The molecular formula is C18H21BrN4O3S. The van der Waals surface area contributed by atoms with Crippen molar-refractivity contribution in [3.8, 4) is 0 Å². The molecule has 27 heavy (non-hydrogen) atoms. The van der Waals surface area contributed by atoms with Gasteiger partial charge in [-0.3, -0.25) is 14.9 Å². The van der Waals surface area contributed by atoms with Gasteiger partial charge in [0.25, 0.3) is 10.0 Å². The summed E-state index contributed by atoms with van der Waals surface area (Å²) in [5, 5.41) is 1.74. The number of nitrogens with one attached hydrogen (secondary N) is 4. The predicted molar refractivity (Wildman–Crippen MR) is 108 cm³/mol. The lowest BCUT2D eigenvalue weighted by atomic mass is 10.1. The van der Waals surface area contributed by atoms with E-state index in [1.807, 2.05) is 43.3 Å². The number of sulfonamides is 1. The van der Waals surface area contributed by atoms with Crippen molar-refractivity contribution in [3.05, 3.63) is 64.1 Å². The zero-order chi connectivity index (χ0) is 19.4. The summed E-state index contributed by atoms with van der Waals surface area (Å²) in [4.78, 5) is 12.6. The normalized spacial score (nSPS) is 19.6. The summed E-state index contributed by atoms with van der Waals surface area (Å²) in [5.41, 5.74) is 7.89. The molecule has 0 spiro atoms. The van der Waals surface area contributed by atoms with Crippen molar-refractivity contribution in [1.82, 2.24) is 16.2 Å². The van der Waals surface area contributed by atoms with E-state index in [1.54, 1.807) is 12.1 Å². The van der Waals surface area contributed by atoms with Crippen LogP contribution in [-0.4, -0.2) is 26.2 Å². The van der Waals surface area contributed by atoms with Crippen LogP contribution in [-0.2, 0) is 21.4 Å². The van der Waals surface area contributed by atoms with E-state index < -0.39 is 21.3 Å². The Balaban J connectivity index is 1.66. The molecule has 0 bridgehead atoms. The van der Waals surface area contributed by atoms with E-state index in [0.717, 1.165) is 15.6 Å². The third-order valence-corrected chi connectivity index (χ3v) is 6.40. The van der Waals surface area contributed by atoms with Crippen LogP contribution < -0.4 is 20.9 Å². The van der Waals surface area contributed by atoms with Gasteiger partial charge in [-0.05, 0) is 36.8 Å². The monoisotopic (exact) mass is 452 g/mol. The minimum Gasteiger partial charge on any atom is -0.352 e. The molecule has 9 heteroatoms. The van der Waals surface area contributed by atoms with Crippen LogP contribution in [0.1, 0.15) is 11.1 Å². The fourth-order valence-corrected chi connectivity index (χ4v) is 4.75. The second-order valence-electron chi connectivity index (χ2n) is 6.41. The van der Waals surface area contributed by atoms with Crippen molar-refractivity contribution >= 4 is 37.5 Å². The number of carbonyl (C=O) groups is 1. The van der Waals surface area contributed by atoms with Crippen molar-refractivity contribution < 1.29 is 13.2 Å². The zero-order valence-corrected chi connectivity index (χ0v) is 17.1. The number of rotatable bonds is 6. The van der Waals surface area contributed by atoms with Gasteiger partial charge < -0.3 is 5.32 Å². The first-order valence-corrected chi connectivity index (χ1v) is 10.8. The maximum Gasteiger partial charge on any atom is 0.250 e. The molecule has 1 aliphatic rings. The highest BCUT2D eigenvalue weighted by Gasteiger charge is 2.41. The molecule has 0 saturated carbocycles. The van der Waals surface area contributed by atoms with Crippen LogP contribution in [0.25, 0.3) is 0 Å². The minimum atomic E-state index is -3.80. The number of hydrogen-bond donors (Lipinski definition) is 4. The third kappa shape index (κ3) is 5.07. The van der Waals surface area contributed by atoms with Crippen molar-refractivity contribution in [2.75, 3.05) is 11.3 Å². The van der Waals surface area contributed by atoms with Crippen molar-refractivity contribution in [2.24, 2.45) is 5.92 Å².